The zero-order chi connectivity index (χ0) is 9.31. The Morgan fingerprint density at radius 1 is 1.57 bits per heavy atom. The van der Waals surface area contributed by atoms with E-state index in [0.717, 1.165) is 19.3 Å². The Morgan fingerprint density at radius 3 is 2.64 bits per heavy atom. The minimum atomic E-state index is -0.728. The fourth-order valence-corrected chi connectivity index (χ4v) is 1.93. The summed E-state index contributed by atoms with van der Waals surface area (Å²) in [7, 11) is 0. The third-order valence-corrected chi connectivity index (χ3v) is 2.82. The highest BCUT2D eigenvalue weighted by atomic mass is 35.5. The predicted octanol–water partition coefficient (Wildman–Crippen LogP) is 1.66. The monoisotopic (exact) mass is 216 g/mol. The SMILES string of the molecule is Cl.O=C(O)CC1(n2ccnc2)CCC1. The van der Waals surface area contributed by atoms with Gasteiger partial charge in [0, 0.05) is 12.4 Å². The number of aromatic nitrogens is 2. The van der Waals surface area contributed by atoms with E-state index in [9.17, 15) is 4.79 Å². The molecule has 1 aliphatic carbocycles. The molecule has 0 spiro atoms. The summed E-state index contributed by atoms with van der Waals surface area (Å²) in [6, 6.07) is 0. The molecule has 1 fully saturated rings. The van der Waals surface area contributed by atoms with Crippen molar-refractivity contribution in [3.8, 4) is 0 Å². The zero-order valence-electron chi connectivity index (χ0n) is 7.72. The summed E-state index contributed by atoms with van der Waals surface area (Å²) in [5.41, 5.74) is -0.178. The van der Waals surface area contributed by atoms with Crippen molar-refractivity contribution in [3.63, 3.8) is 0 Å². The maximum absolute atomic E-state index is 10.7. The van der Waals surface area contributed by atoms with Gasteiger partial charge in [-0.05, 0) is 19.3 Å². The largest absolute Gasteiger partial charge is 0.481 e. The highest BCUT2D eigenvalue weighted by Crippen LogP contribution is 2.41. The Labute approximate surface area is 88.4 Å². The highest BCUT2D eigenvalue weighted by molar-refractivity contribution is 5.85. The molecule has 0 amide bonds. The summed E-state index contributed by atoms with van der Waals surface area (Å²) >= 11 is 0. The van der Waals surface area contributed by atoms with E-state index in [1.165, 1.54) is 0 Å². The first-order valence-electron chi connectivity index (χ1n) is 4.43. The van der Waals surface area contributed by atoms with Crippen LogP contribution in [-0.4, -0.2) is 20.6 Å². The highest BCUT2D eigenvalue weighted by Gasteiger charge is 2.40. The van der Waals surface area contributed by atoms with Crippen molar-refractivity contribution in [2.75, 3.05) is 0 Å². The summed E-state index contributed by atoms with van der Waals surface area (Å²) in [5.74, 6) is -0.728. The van der Waals surface area contributed by atoms with Crippen molar-refractivity contribution in [1.29, 1.82) is 0 Å². The number of hydrogen-bond donors (Lipinski definition) is 1. The number of carboxylic acid groups (broad SMARTS) is 1. The van der Waals surface area contributed by atoms with E-state index in [2.05, 4.69) is 4.98 Å². The molecule has 14 heavy (non-hydrogen) atoms. The Morgan fingerprint density at radius 2 is 2.29 bits per heavy atom. The molecule has 0 saturated heterocycles. The second-order valence-corrected chi connectivity index (χ2v) is 3.62. The van der Waals surface area contributed by atoms with Crippen LogP contribution in [0.1, 0.15) is 25.7 Å². The van der Waals surface area contributed by atoms with Crippen LogP contribution in [0.5, 0.6) is 0 Å². The summed E-state index contributed by atoms with van der Waals surface area (Å²) in [6.07, 6.45) is 8.49. The number of halogens is 1. The van der Waals surface area contributed by atoms with Crippen molar-refractivity contribution in [2.24, 2.45) is 0 Å². The van der Waals surface area contributed by atoms with Crippen molar-refractivity contribution in [3.05, 3.63) is 18.7 Å². The zero-order valence-corrected chi connectivity index (χ0v) is 8.54. The molecule has 1 heterocycles. The fraction of sp³-hybridized carbons (Fsp3) is 0.556. The molecular weight excluding hydrogens is 204 g/mol. The first kappa shape index (κ1) is 11.0. The number of rotatable bonds is 3. The molecule has 0 aromatic carbocycles. The van der Waals surface area contributed by atoms with Crippen LogP contribution in [0, 0.1) is 0 Å². The van der Waals surface area contributed by atoms with Crippen LogP contribution in [0.3, 0.4) is 0 Å². The van der Waals surface area contributed by atoms with Crippen LogP contribution >= 0.6 is 12.4 Å². The van der Waals surface area contributed by atoms with E-state index >= 15 is 0 Å². The Bertz CT molecular complexity index is 307. The molecule has 0 unspecified atom stereocenters. The standard InChI is InChI=1S/C9H12N2O2.ClH/c12-8(13)6-9(2-1-3-9)11-5-4-10-7-11;/h4-5,7H,1-3,6H2,(H,12,13);1H. The van der Waals surface area contributed by atoms with Gasteiger partial charge in [-0.15, -0.1) is 12.4 Å². The molecule has 1 aromatic heterocycles. The molecule has 78 valence electrons. The second-order valence-electron chi connectivity index (χ2n) is 3.62. The number of hydrogen-bond acceptors (Lipinski definition) is 2. The average molecular weight is 217 g/mol. The van der Waals surface area contributed by atoms with Gasteiger partial charge in [-0.1, -0.05) is 0 Å². The van der Waals surface area contributed by atoms with Gasteiger partial charge in [0.1, 0.15) is 0 Å². The molecule has 1 aromatic rings. The summed E-state index contributed by atoms with van der Waals surface area (Å²) in [6.45, 7) is 0. The lowest BCUT2D eigenvalue weighted by Crippen LogP contribution is -2.41. The number of aliphatic carboxylic acids is 1. The summed E-state index contributed by atoms with van der Waals surface area (Å²) in [5, 5.41) is 8.78. The lowest BCUT2D eigenvalue weighted by Gasteiger charge is -2.41. The molecule has 2 rings (SSSR count). The normalized spacial score (nSPS) is 18.0. The summed E-state index contributed by atoms with van der Waals surface area (Å²) in [4.78, 5) is 14.6. The molecule has 1 saturated carbocycles. The number of carboxylic acids is 1. The third-order valence-electron chi connectivity index (χ3n) is 2.82. The number of imidazole rings is 1. The van der Waals surface area contributed by atoms with E-state index in [1.807, 2.05) is 10.8 Å². The van der Waals surface area contributed by atoms with Gasteiger partial charge in [0.25, 0.3) is 0 Å². The Balaban J connectivity index is 0.000000980. The molecule has 0 atom stereocenters. The molecule has 0 radical (unpaired) electrons. The van der Waals surface area contributed by atoms with E-state index in [4.69, 9.17) is 5.11 Å². The van der Waals surface area contributed by atoms with Gasteiger partial charge in [-0.3, -0.25) is 4.79 Å². The molecule has 0 bridgehead atoms. The number of carbonyl (C=O) groups is 1. The van der Waals surface area contributed by atoms with E-state index in [1.54, 1.807) is 12.5 Å². The van der Waals surface area contributed by atoms with E-state index < -0.39 is 5.97 Å². The Hall–Kier alpha value is -1.03. The van der Waals surface area contributed by atoms with Crippen LogP contribution in [0.4, 0.5) is 0 Å². The van der Waals surface area contributed by atoms with Crippen molar-refractivity contribution >= 4 is 18.4 Å². The molecule has 5 heteroatoms. The van der Waals surface area contributed by atoms with E-state index in [0.29, 0.717) is 0 Å². The predicted molar refractivity (Wildman–Crippen MR) is 53.6 cm³/mol. The van der Waals surface area contributed by atoms with Crippen LogP contribution in [0.2, 0.25) is 0 Å². The van der Waals surface area contributed by atoms with Gasteiger partial charge in [-0.25, -0.2) is 4.98 Å². The van der Waals surface area contributed by atoms with E-state index in [-0.39, 0.29) is 24.4 Å². The minimum Gasteiger partial charge on any atom is -0.481 e. The molecule has 4 nitrogen and oxygen atoms in total. The lowest BCUT2D eigenvalue weighted by molar-refractivity contribution is -0.140. The second kappa shape index (κ2) is 4.00. The number of nitrogens with zero attached hydrogens (tertiary/aromatic N) is 2. The Kier molecular flexibility index (Phi) is 3.16. The maximum Gasteiger partial charge on any atom is 0.305 e. The van der Waals surface area contributed by atoms with Gasteiger partial charge in [0.05, 0.1) is 18.3 Å². The van der Waals surface area contributed by atoms with Crippen molar-refractivity contribution < 1.29 is 9.90 Å². The van der Waals surface area contributed by atoms with Crippen molar-refractivity contribution in [2.45, 2.75) is 31.2 Å². The molecule has 1 N–H and O–H groups in total. The first-order valence-corrected chi connectivity index (χ1v) is 4.43. The third kappa shape index (κ3) is 1.75. The van der Waals surface area contributed by atoms with Gasteiger partial charge in [-0.2, -0.15) is 0 Å². The maximum atomic E-state index is 10.7. The van der Waals surface area contributed by atoms with Crippen LogP contribution < -0.4 is 0 Å². The molecule has 0 aliphatic heterocycles. The lowest BCUT2D eigenvalue weighted by atomic mass is 9.74. The van der Waals surface area contributed by atoms with Crippen LogP contribution in [0.15, 0.2) is 18.7 Å². The van der Waals surface area contributed by atoms with Gasteiger partial charge >= 0.3 is 5.97 Å². The summed E-state index contributed by atoms with van der Waals surface area (Å²) < 4.78 is 1.94. The van der Waals surface area contributed by atoms with Crippen LogP contribution in [0.25, 0.3) is 0 Å². The minimum absolute atomic E-state index is 0. The average Bonchev–Trinajstić information content (AvgIpc) is 2.48. The van der Waals surface area contributed by atoms with Crippen molar-refractivity contribution in [1.82, 2.24) is 9.55 Å². The van der Waals surface area contributed by atoms with Gasteiger partial charge in [0.2, 0.25) is 0 Å². The first-order chi connectivity index (χ1) is 6.23. The van der Waals surface area contributed by atoms with Gasteiger partial charge < -0.3 is 9.67 Å². The van der Waals surface area contributed by atoms with Crippen LogP contribution in [-0.2, 0) is 10.3 Å². The van der Waals surface area contributed by atoms with Gasteiger partial charge in [0.15, 0.2) is 0 Å². The fourth-order valence-electron chi connectivity index (χ4n) is 1.93. The molecular formula is C9H13ClN2O2. The smallest absolute Gasteiger partial charge is 0.305 e. The molecule has 1 aliphatic rings. The topological polar surface area (TPSA) is 55.1 Å². The quantitative estimate of drug-likeness (QED) is 0.836.